The largest absolute Gasteiger partial charge is 0.480 e. The molecule has 1 heterocycles. The third kappa shape index (κ3) is 5.16. The SMILES string of the molecule is CCCCCC[C@H](C)Cc1nccnc1OC. The molecule has 0 fully saturated rings. The lowest BCUT2D eigenvalue weighted by molar-refractivity contribution is 0.381. The molecule has 3 nitrogen and oxygen atoms in total. The lowest BCUT2D eigenvalue weighted by Crippen LogP contribution is -2.05. The summed E-state index contributed by atoms with van der Waals surface area (Å²) < 4.78 is 5.22. The van der Waals surface area contributed by atoms with Crippen molar-refractivity contribution in [1.82, 2.24) is 9.97 Å². The van der Waals surface area contributed by atoms with Crippen molar-refractivity contribution in [3.63, 3.8) is 0 Å². The van der Waals surface area contributed by atoms with Gasteiger partial charge in [-0.2, -0.15) is 0 Å². The summed E-state index contributed by atoms with van der Waals surface area (Å²) in [6.07, 6.45) is 10.9. The summed E-state index contributed by atoms with van der Waals surface area (Å²) in [6.45, 7) is 4.52. The van der Waals surface area contributed by atoms with Gasteiger partial charge in [-0.3, -0.25) is 4.98 Å². The van der Waals surface area contributed by atoms with Crippen LogP contribution in [0.3, 0.4) is 0 Å². The van der Waals surface area contributed by atoms with Crippen LogP contribution in [0.4, 0.5) is 0 Å². The number of methoxy groups -OCH3 is 1. The second-order valence-corrected chi connectivity index (χ2v) is 4.67. The first kappa shape index (κ1) is 13.9. The Kier molecular flexibility index (Phi) is 6.60. The first-order chi connectivity index (χ1) is 8.27. The van der Waals surface area contributed by atoms with Crippen LogP contribution in [0.2, 0.25) is 0 Å². The van der Waals surface area contributed by atoms with E-state index < -0.39 is 0 Å². The number of hydrogen-bond donors (Lipinski definition) is 0. The predicted molar refractivity (Wildman–Crippen MR) is 70.2 cm³/mol. The van der Waals surface area contributed by atoms with Gasteiger partial charge >= 0.3 is 0 Å². The van der Waals surface area contributed by atoms with E-state index in [0.29, 0.717) is 11.8 Å². The van der Waals surface area contributed by atoms with Gasteiger partial charge in [-0.25, -0.2) is 4.98 Å². The van der Waals surface area contributed by atoms with E-state index in [0.717, 1.165) is 12.1 Å². The summed E-state index contributed by atoms with van der Waals surface area (Å²) in [5.41, 5.74) is 0.984. The number of nitrogens with zero attached hydrogens (tertiary/aromatic N) is 2. The number of rotatable bonds is 8. The smallest absolute Gasteiger partial charge is 0.235 e. The third-order valence-electron chi connectivity index (χ3n) is 3.02. The fraction of sp³-hybridized carbons (Fsp3) is 0.714. The number of hydrogen-bond acceptors (Lipinski definition) is 3. The molecule has 0 N–H and O–H groups in total. The van der Waals surface area contributed by atoms with Crippen molar-refractivity contribution < 1.29 is 4.74 Å². The van der Waals surface area contributed by atoms with Crippen LogP contribution in [-0.2, 0) is 6.42 Å². The molecule has 0 saturated heterocycles. The van der Waals surface area contributed by atoms with E-state index in [-0.39, 0.29) is 0 Å². The monoisotopic (exact) mass is 236 g/mol. The highest BCUT2D eigenvalue weighted by molar-refractivity contribution is 5.17. The van der Waals surface area contributed by atoms with Gasteiger partial charge in [0.05, 0.1) is 7.11 Å². The van der Waals surface area contributed by atoms with Gasteiger partial charge in [-0.05, 0) is 12.3 Å². The van der Waals surface area contributed by atoms with Crippen LogP contribution < -0.4 is 4.74 Å². The molecule has 0 saturated carbocycles. The molecule has 0 unspecified atom stereocenters. The second kappa shape index (κ2) is 8.04. The molecular weight excluding hydrogens is 212 g/mol. The van der Waals surface area contributed by atoms with Crippen molar-refractivity contribution in [1.29, 1.82) is 0 Å². The fourth-order valence-electron chi connectivity index (χ4n) is 2.02. The molecule has 1 aromatic heterocycles. The minimum Gasteiger partial charge on any atom is -0.480 e. The van der Waals surface area contributed by atoms with Crippen LogP contribution in [0, 0.1) is 5.92 Å². The normalized spacial score (nSPS) is 12.4. The topological polar surface area (TPSA) is 35.0 Å². The Hall–Kier alpha value is -1.12. The van der Waals surface area contributed by atoms with Gasteiger partial charge in [0.1, 0.15) is 5.69 Å². The van der Waals surface area contributed by atoms with Gasteiger partial charge in [-0.1, -0.05) is 46.0 Å². The van der Waals surface area contributed by atoms with Crippen molar-refractivity contribution in [2.24, 2.45) is 5.92 Å². The predicted octanol–water partition coefficient (Wildman–Crippen LogP) is 3.63. The van der Waals surface area contributed by atoms with Crippen LogP contribution in [0.15, 0.2) is 12.4 Å². The number of unbranched alkanes of at least 4 members (excludes halogenated alkanes) is 3. The molecule has 1 rings (SSSR count). The molecule has 0 aliphatic heterocycles. The summed E-state index contributed by atoms with van der Waals surface area (Å²) >= 11 is 0. The van der Waals surface area contributed by atoms with Gasteiger partial charge in [0.15, 0.2) is 0 Å². The zero-order valence-corrected chi connectivity index (χ0v) is 11.3. The highest BCUT2D eigenvalue weighted by Gasteiger charge is 2.10. The molecule has 0 aliphatic carbocycles. The van der Waals surface area contributed by atoms with Gasteiger partial charge < -0.3 is 4.74 Å². The first-order valence-corrected chi connectivity index (χ1v) is 6.61. The van der Waals surface area contributed by atoms with E-state index in [1.165, 1.54) is 32.1 Å². The maximum atomic E-state index is 5.22. The molecule has 0 radical (unpaired) electrons. The zero-order valence-electron chi connectivity index (χ0n) is 11.3. The molecule has 17 heavy (non-hydrogen) atoms. The van der Waals surface area contributed by atoms with Gasteiger partial charge in [0.25, 0.3) is 0 Å². The highest BCUT2D eigenvalue weighted by Crippen LogP contribution is 2.19. The molecule has 96 valence electrons. The summed E-state index contributed by atoms with van der Waals surface area (Å²) in [6, 6.07) is 0. The molecule has 1 aromatic rings. The van der Waals surface area contributed by atoms with Crippen molar-refractivity contribution in [3.05, 3.63) is 18.1 Å². The zero-order chi connectivity index (χ0) is 12.5. The van der Waals surface area contributed by atoms with Crippen molar-refractivity contribution >= 4 is 0 Å². The fourth-order valence-corrected chi connectivity index (χ4v) is 2.02. The Morgan fingerprint density at radius 3 is 2.65 bits per heavy atom. The Bertz CT molecular complexity index is 315. The van der Waals surface area contributed by atoms with E-state index >= 15 is 0 Å². The second-order valence-electron chi connectivity index (χ2n) is 4.67. The maximum absolute atomic E-state index is 5.22. The average Bonchev–Trinajstić information content (AvgIpc) is 2.35. The Balaban J connectivity index is 2.36. The molecular formula is C14H24N2O. The van der Waals surface area contributed by atoms with E-state index in [1.54, 1.807) is 19.5 Å². The van der Waals surface area contributed by atoms with Crippen molar-refractivity contribution in [2.75, 3.05) is 7.11 Å². The van der Waals surface area contributed by atoms with Crippen LogP contribution in [-0.4, -0.2) is 17.1 Å². The number of ether oxygens (including phenoxy) is 1. The lowest BCUT2D eigenvalue weighted by Gasteiger charge is -2.12. The Morgan fingerprint density at radius 1 is 1.18 bits per heavy atom. The first-order valence-electron chi connectivity index (χ1n) is 6.61. The molecule has 0 spiro atoms. The van der Waals surface area contributed by atoms with Crippen LogP contribution in [0.1, 0.15) is 51.6 Å². The van der Waals surface area contributed by atoms with Gasteiger partial charge in [-0.15, -0.1) is 0 Å². The molecule has 3 heteroatoms. The van der Waals surface area contributed by atoms with E-state index in [4.69, 9.17) is 4.74 Å². The molecule has 0 amide bonds. The average molecular weight is 236 g/mol. The van der Waals surface area contributed by atoms with E-state index in [2.05, 4.69) is 23.8 Å². The maximum Gasteiger partial charge on any atom is 0.235 e. The van der Waals surface area contributed by atoms with E-state index in [9.17, 15) is 0 Å². The summed E-state index contributed by atoms with van der Waals surface area (Å²) in [7, 11) is 1.65. The minimum atomic E-state index is 0.650. The minimum absolute atomic E-state index is 0.650. The van der Waals surface area contributed by atoms with E-state index in [1.807, 2.05) is 0 Å². The summed E-state index contributed by atoms with van der Waals surface area (Å²) in [5.74, 6) is 1.32. The summed E-state index contributed by atoms with van der Waals surface area (Å²) in [5, 5.41) is 0. The van der Waals surface area contributed by atoms with Crippen LogP contribution in [0.25, 0.3) is 0 Å². The Labute approximate surface area is 105 Å². The highest BCUT2D eigenvalue weighted by atomic mass is 16.5. The van der Waals surface area contributed by atoms with Crippen LogP contribution in [0.5, 0.6) is 5.88 Å². The van der Waals surface area contributed by atoms with Crippen molar-refractivity contribution in [3.8, 4) is 5.88 Å². The quantitative estimate of drug-likeness (QED) is 0.646. The molecule has 0 bridgehead atoms. The van der Waals surface area contributed by atoms with Crippen LogP contribution >= 0.6 is 0 Å². The Morgan fingerprint density at radius 2 is 1.94 bits per heavy atom. The summed E-state index contributed by atoms with van der Waals surface area (Å²) in [4.78, 5) is 8.52. The standard InChI is InChI=1S/C14H24N2O/c1-4-5-6-7-8-12(2)11-13-14(17-3)16-10-9-15-13/h9-10,12H,4-8,11H2,1-3H3/t12-/m0/s1. The lowest BCUT2D eigenvalue weighted by atomic mass is 9.98. The molecule has 0 aromatic carbocycles. The van der Waals surface area contributed by atoms with Gasteiger partial charge in [0.2, 0.25) is 5.88 Å². The van der Waals surface area contributed by atoms with Gasteiger partial charge in [0, 0.05) is 12.4 Å². The third-order valence-corrected chi connectivity index (χ3v) is 3.02. The molecule has 1 atom stereocenters. The molecule has 0 aliphatic rings. The van der Waals surface area contributed by atoms with Crippen molar-refractivity contribution in [2.45, 2.75) is 52.4 Å². The number of aromatic nitrogens is 2.